The van der Waals surface area contributed by atoms with Crippen LogP contribution in [0.5, 0.6) is 0 Å². The number of allylic oxidation sites excluding steroid dienone is 1. The Balaban J connectivity index is 2.27. The zero-order valence-electron chi connectivity index (χ0n) is 13.1. The van der Waals surface area contributed by atoms with Gasteiger partial charge in [-0.3, -0.25) is 4.79 Å². The van der Waals surface area contributed by atoms with Crippen LogP contribution in [-0.2, 0) is 14.3 Å². The average molecular weight is 292 g/mol. The number of hydrogen-bond acceptors (Lipinski definition) is 3. The molecule has 3 atom stereocenters. The molecule has 4 heteroatoms. The third kappa shape index (κ3) is 3.04. The van der Waals surface area contributed by atoms with Crippen LogP contribution in [0.2, 0.25) is 0 Å². The van der Waals surface area contributed by atoms with Crippen molar-refractivity contribution in [3.8, 4) is 0 Å². The highest BCUT2D eigenvalue weighted by atomic mass is 16.5. The Labute approximate surface area is 125 Å². The van der Waals surface area contributed by atoms with Crippen LogP contribution in [0, 0.1) is 11.3 Å². The summed E-state index contributed by atoms with van der Waals surface area (Å²) in [6.07, 6.45) is 4.27. The van der Waals surface area contributed by atoms with E-state index in [0.717, 1.165) is 37.7 Å². The molecule has 0 aromatic heterocycles. The molecule has 2 aliphatic carbocycles. The Morgan fingerprint density at radius 3 is 2.52 bits per heavy atom. The van der Waals surface area contributed by atoms with Gasteiger partial charge in [0.05, 0.1) is 0 Å². The predicted octanol–water partition coefficient (Wildman–Crippen LogP) is 3.48. The first-order valence-electron chi connectivity index (χ1n) is 7.54. The maximum Gasteiger partial charge on any atom is 0.331 e. The standard InChI is InChI=1S/C17H24O4/c1-10(16(19)20)13-5-7-17(4)8-6-15(21-12(3)18)11(2)14(17)9-13/h13,15H,1,5-9H2,2-4H3,(H,19,20)/t13-,15-,17+/m1/s1. The van der Waals surface area contributed by atoms with Gasteiger partial charge in [-0.25, -0.2) is 4.79 Å². The summed E-state index contributed by atoms with van der Waals surface area (Å²) in [4.78, 5) is 22.4. The minimum atomic E-state index is -0.908. The summed E-state index contributed by atoms with van der Waals surface area (Å²) in [6.45, 7) is 9.42. The van der Waals surface area contributed by atoms with E-state index in [9.17, 15) is 9.59 Å². The van der Waals surface area contributed by atoms with Crippen LogP contribution in [0.25, 0.3) is 0 Å². The van der Waals surface area contributed by atoms with Crippen LogP contribution < -0.4 is 0 Å². The van der Waals surface area contributed by atoms with Gasteiger partial charge in [0.2, 0.25) is 0 Å². The van der Waals surface area contributed by atoms with Gasteiger partial charge in [0.15, 0.2) is 0 Å². The summed E-state index contributed by atoms with van der Waals surface area (Å²) in [6, 6.07) is 0. The first-order chi connectivity index (χ1) is 9.74. The van der Waals surface area contributed by atoms with E-state index in [4.69, 9.17) is 9.84 Å². The van der Waals surface area contributed by atoms with Crippen molar-refractivity contribution < 1.29 is 19.4 Å². The fraction of sp³-hybridized carbons (Fsp3) is 0.647. The monoisotopic (exact) mass is 292 g/mol. The molecule has 4 nitrogen and oxygen atoms in total. The van der Waals surface area contributed by atoms with Gasteiger partial charge in [-0.15, -0.1) is 0 Å². The number of fused-ring (bicyclic) bond motifs is 1. The van der Waals surface area contributed by atoms with Crippen LogP contribution >= 0.6 is 0 Å². The van der Waals surface area contributed by atoms with Crippen molar-refractivity contribution in [2.75, 3.05) is 0 Å². The van der Waals surface area contributed by atoms with E-state index in [1.165, 1.54) is 12.5 Å². The number of esters is 1. The minimum Gasteiger partial charge on any atom is -0.478 e. The topological polar surface area (TPSA) is 63.6 Å². The molecule has 0 heterocycles. The summed E-state index contributed by atoms with van der Waals surface area (Å²) in [7, 11) is 0. The molecule has 0 spiro atoms. The molecule has 0 unspecified atom stereocenters. The number of aliphatic carboxylic acids is 1. The first-order valence-corrected chi connectivity index (χ1v) is 7.54. The Bertz CT molecular complexity index is 517. The predicted molar refractivity (Wildman–Crippen MR) is 79.7 cm³/mol. The van der Waals surface area contributed by atoms with E-state index >= 15 is 0 Å². The maximum atomic E-state index is 11.2. The fourth-order valence-corrected chi connectivity index (χ4v) is 3.83. The van der Waals surface area contributed by atoms with Crippen LogP contribution in [-0.4, -0.2) is 23.1 Å². The lowest BCUT2D eigenvalue weighted by molar-refractivity contribution is -0.145. The van der Waals surface area contributed by atoms with Gasteiger partial charge < -0.3 is 9.84 Å². The number of carbonyl (C=O) groups excluding carboxylic acids is 1. The van der Waals surface area contributed by atoms with Crippen LogP contribution in [0.1, 0.15) is 52.9 Å². The molecule has 1 fully saturated rings. The SMILES string of the molecule is C=C(C(=O)O)[C@@H]1CC[C@@]2(C)CC[C@@H](OC(C)=O)C(C)=C2C1. The zero-order valence-corrected chi connectivity index (χ0v) is 13.1. The normalized spacial score (nSPS) is 32.3. The van der Waals surface area contributed by atoms with E-state index in [-0.39, 0.29) is 23.4 Å². The summed E-state index contributed by atoms with van der Waals surface area (Å²) in [5, 5.41) is 9.15. The molecule has 0 bridgehead atoms. The van der Waals surface area contributed by atoms with Gasteiger partial charge in [-0.1, -0.05) is 19.1 Å². The van der Waals surface area contributed by atoms with E-state index < -0.39 is 5.97 Å². The highest BCUT2D eigenvalue weighted by Gasteiger charge is 2.42. The Hall–Kier alpha value is -1.58. The number of carboxylic acid groups (broad SMARTS) is 1. The van der Waals surface area contributed by atoms with Crippen molar-refractivity contribution in [3.05, 3.63) is 23.3 Å². The van der Waals surface area contributed by atoms with Crippen LogP contribution in [0.4, 0.5) is 0 Å². The quantitative estimate of drug-likeness (QED) is 0.491. The second-order valence-corrected chi connectivity index (χ2v) is 6.63. The molecular weight excluding hydrogens is 268 g/mol. The maximum absolute atomic E-state index is 11.2. The van der Waals surface area contributed by atoms with Crippen LogP contribution in [0.15, 0.2) is 23.3 Å². The van der Waals surface area contributed by atoms with Crippen molar-refractivity contribution in [1.82, 2.24) is 0 Å². The molecule has 2 aliphatic rings. The van der Waals surface area contributed by atoms with Crippen molar-refractivity contribution in [1.29, 1.82) is 0 Å². The zero-order chi connectivity index (χ0) is 15.8. The Kier molecular flexibility index (Phi) is 4.26. The average Bonchev–Trinajstić information content (AvgIpc) is 2.41. The highest BCUT2D eigenvalue weighted by molar-refractivity contribution is 5.86. The van der Waals surface area contributed by atoms with E-state index in [2.05, 4.69) is 13.5 Å². The molecule has 1 saturated carbocycles. The summed E-state index contributed by atoms with van der Waals surface area (Å²) >= 11 is 0. The third-order valence-corrected chi connectivity index (χ3v) is 5.22. The molecule has 116 valence electrons. The van der Waals surface area contributed by atoms with Crippen molar-refractivity contribution in [2.45, 2.75) is 59.0 Å². The summed E-state index contributed by atoms with van der Waals surface area (Å²) in [5.41, 5.74) is 2.81. The van der Waals surface area contributed by atoms with Crippen molar-refractivity contribution in [3.63, 3.8) is 0 Å². The number of hydrogen-bond donors (Lipinski definition) is 1. The minimum absolute atomic E-state index is 0.00315. The number of carboxylic acids is 1. The lowest BCUT2D eigenvalue weighted by Crippen LogP contribution is -2.37. The molecule has 2 rings (SSSR count). The molecule has 0 saturated heterocycles. The molecular formula is C17H24O4. The Morgan fingerprint density at radius 1 is 1.33 bits per heavy atom. The molecule has 1 N–H and O–H groups in total. The smallest absolute Gasteiger partial charge is 0.331 e. The molecule has 21 heavy (non-hydrogen) atoms. The molecule has 0 amide bonds. The first kappa shape index (κ1) is 15.8. The van der Waals surface area contributed by atoms with Gasteiger partial charge in [-0.2, -0.15) is 0 Å². The number of carbonyl (C=O) groups is 2. The van der Waals surface area contributed by atoms with Crippen LogP contribution in [0.3, 0.4) is 0 Å². The van der Waals surface area contributed by atoms with E-state index in [0.29, 0.717) is 5.57 Å². The lowest BCUT2D eigenvalue weighted by Gasteiger charge is -2.46. The van der Waals surface area contributed by atoms with Crippen molar-refractivity contribution >= 4 is 11.9 Å². The van der Waals surface area contributed by atoms with Crippen molar-refractivity contribution in [2.24, 2.45) is 11.3 Å². The second-order valence-electron chi connectivity index (χ2n) is 6.63. The summed E-state index contributed by atoms with van der Waals surface area (Å²) in [5.74, 6) is -1.17. The number of rotatable bonds is 3. The third-order valence-electron chi connectivity index (χ3n) is 5.22. The van der Waals surface area contributed by atoms with Gasteiger partial charge in [0.25, 0.3) is 0 Å². The van der Waals surface area contributed by atoms with Gasteiger partial charge in [0.1, 0.15) is 6.10 Å². The Morgan fingerprint density at radius 2 is 1.95 bits per heavy atom. The van der Waals surface area contributed by atoms with E-state index in [1.54, 1.807) is 0 Å². The second kappa shape index (κ2) is 5.66. The number of ether oxygens (including phenoxy) is 1. The largest absolute Gasteiger partial charge is 0.478 e. The molecule has 0 aliphatic heterocycles. The fourth-order valence-electron chi connectivity index (χ4n) is 3.83. The molecule has 0 aromatic carbocycles. The van der Waals surface area contributed by atoms with Gasteiger partial charge >= 0.3 is 11.9 Å². The summed E-state index contributed by atoms with van der Waals surface area (Å²) < 4.78 is 5.41. The highest BCUT2D eigenvalue weighted by Crippen LogP contribution is 2.52. The molecule has 0 aromatic rings. The van der Waals surface area contributed by atoms with Gasteiger partial charge in [-0.05, 0) is 55.9 Å². The van der Waals surface area contributed by atoms with E-state index in [1.807, 2.05) is 6.92 Å². The lowest BCUT2D eigenvalue weighted by atomic mass is 9.60. The van der Waals surface area contributed by atoms with Gasteiger partial charge in [0, 0.05) is 12.5 Å². The molecule has 0 radical (unpaired) electrons.